The number of rotatable bonds is 4. The number of ether oxygens (including phenoxy) is 1. The van der Waals surface area contributed by atoms with Crippen LogP contribution < -0.4 is 0 Å². The predicted molar refractivity (Wildman–Crippen MR) is 137 cm³/mol. The summed E-state index contributed by atoms with van der Waals surface area (Å²) in [6, 6.07) is 18.1. The largest absolute Gasteiger partial charge is 0.462 e. The molecule has 1 heterocycles. The molecular formula is C29H30BrNO3. The number of esters is 1. The molecule has 5 rings (SSSR count). The van der Waals surface area contributed by atoms with Crippen molar-refractivity contribution in [2.24, 2.45) is 10.9 Å². The zero-order valence-electron chi connectivity index (χ0n) is 19.5. The third kappa shape index (κ3) is 4.68. The van der Waals surface area contributed by atoms with Crippen molar-refractivity contribution < 1.29 is 14.3 Å². The van der Waals surface area contributed by atoms with Gasteiger partial charge in [0.15, 0.2) is 5.78 Å². The number of carbonyl (C=O) groups is 2. The molecule has 0 spiro atoms. The van der Waals surface area contributed by atoms with Gasteiger partial charge in [0.1, 0.15) is 12.0 Å². The molecule has 1 saturated carbocycles. The van der Waals surface area contributed by atoms with E-state index in [4.69, 9.17) is 9.73 Å². The van der Waals surface area contributed by atoms with E-state index in [1.54, 1.807) is 0 Å². The molecule has 0 amide bonds. The highest BCUT2D eigenvalue weighted by molar-refractivity contribution is 9.10. The Hall–Kier alpha value is -2.53. The quantitative estimate of drug-likeness (QED) is 0.412. The molecule has 5 heteroatoms. The van der Waals surface area contributed by atoms with Crippen molar-refractivity contribution in [1.29, 1.82) is 0 Å². The third-order valence-corrected chi connectivity index (χ3v) is 7.95. The van der Waals surface area contributed by atoms with E-state index in [0.717, 1.165) is 52.7 Å². The highest BCUT2D eigenvalue weighted by Crippen LogP contribution is 2.47. The average molecular weight is 520 g/mol. The number of Topliss-reactive ketones (excluding diaryl/α,β-unsaturated/α-hetero) is 1. The second-order valence-electron chi connectivity index (χ2n) is 9.76. The highest BCUT2D eigenvalue weighted by atomic mass is 79.9. The maximum Gasteiger partial charge on any atom is 0.315 e. The van der Waals surface area contributed by atoms with E-state index < -0.39 is 5.92 Å². The van der Waals surface area contributed by atoms with Crippen LogP contribution in [0.3, 0.4) is 0 Å². The van der Waals surface area contributed by atoms with Gasteiger partial charge in [-0.3, -0.25) is 14.6 Å². The molecule has 2 aromatic carbocycles. The van der Waals surface area contributed by atoms with Crippen molar-refractivity contribution in [2.75, 3.05) is 0 Å². The molecule has 3 aliphatic rings. The zero-order valence-corrected chi connectivity index (χ0v) is 21.1. The summed E-state index contributed by atoms with van der Waals surface area (Å²) in [7, 11) is 0. The first kappa shape index (κ1) is 23.2. The molecular weight excluding hydrogens is 490 g/mol. The van der Waals surface area contributed by atoms with Crippen LogP contribution in [-0.2, 0) is 14.3 Å². The van der Waals surface area contributed by atoms with Gasteiger partial charge in [0.05, 0.1) is 0 Å². The second-order valence-corrected chi connectivity index (χ2v) is 10.7. The molecule has 0 bridgehead atoms. The molecule has 3 atom stereocenters. The van der Waals surface area contributed by atoms with Gasteiger partial charge in [-0.2, -0.15) is 0 Å². The lowest BCUT2D eigenvalue weighted by Crippen LogP contribution is -2.39. The van der Waals surface area contributed by atoms with Crippen LogP contribution in [0.2, 0.25) is 0 Å². The maximum atomic E-state index is 13.7. The van der Waals surface area contributed by atoms with Gasteiger partial charge in [0, 0.05) is 33.8 Å². The first-order chi connectivity index (χ1) is 16.5. The topological polar surface area (TPSA) is 55.7 Å². The molecule has 0 aromatic heterocycles. The number of hydrogen-bond donors (Lipinski definition) is 0. The minimum absolute atomic E-state index is 0.0305. The van der Waals surface area contributed by atoms with Crippen molar-refractivity contribution in [1.82, 2.24) is 0 Å². The molecule has 1 aliphatic heterocycles. The van der Waals surface area contributed by atoms with E-state index in [0.29, 0.717) is 18.4 Å². The SMILES string of the molecule is CC1=NC2=C(C(=O)C[C@H](c3ccccc3)C2)[C@H](c2cccc(Br)c2)C1C(=O)OC1CCCCC1. The van der Waals surface area contributed by atoms with Gasteiger partial charge in [0.2, 0.25) is 0 Å². The van der Waals surface area contributed by atoms with Crippen LogP contribution in [0.4, 0.5) is 0 Å². The predicted octanol–water partition coefficient (Wildman–Crippen LogP) is 6.90. The average Bonchev–Trinajstić information content (AvgIpc) is 2.84. The summed E-state index contributed by atoms with van der Waals surface area (Å²) >= 11 is 3.58. The van der Waals surface area contributed by atoms with E-state index in [-0.39, 0.29) is 29.7 Å². The summed E-state index contributed by atoms with van der Waals surface area (Å²) in [6.07, 6.45) is 6.34. The highest BCUT2D eigenvalue weighted by Gasteiger charge is 2.45. The van der Waals surface area contributed by atoms with E-state index in [2.05, 4.69) is 28.1 Å². The lowest BCUT2D eigenvalue weighted by Gasteiger charge is -2.37. The van der Waals surface area contributed by atoms with E-state index in [1.165, 1.54) is 6.42 Å². The summed E-state index contributed by atoms with van der Waals surface area (Å²) < 4.78 is 6.95. The van der Waals surface area contributed by atoms with Crippen LogP contribution in [0, 0.1) is 5.92 Å². The van der Waals surface area contributed by atoms with Crippen LogP contribution in [0.25, 0.3) is 0 Å². The molecule has 0 radical (unpaired) electrons. The summed E-state index contributed by atoms with van der Waals surface area (Å²) in [5.41, 5.74) is 4.38. The fourth-order valence-corrected chi connectivity index (χ4v) is 6.22. The molecule has 4 nitrogen and oxygen atoms in total. The van der Waals surface area contributed by atoms with Crippen LogP contribution >= 0.6 is 15.9 Å². The van der Waals surface area contributed by atoms with Gasteiger partial charge in [-0.15, -0.1) is 0 Å². The van der Waals surface area contributed by atoms with Gasteiger partial charge < -0.3 is 4.74 Å². The molecule has 0 N–H and O–H groups in total. The van der Waals surface area contributed by atoms with Crippen LogP contribution in [0.15, 0.2) is 75.3 Å². The molecule has 2 aliphatic carbocycles. The smallest absolute Gasteiger partial charge is 0.315 e. The van der Waals surface area contributed by atoms with Crippen molar-refractivity contribution in [3.05, 3.63) is 81.5 Å². The molecule has 0 saturated heterocycles. The Bertz CT molecular complexity index is 1150. The molecule has 34 heavy (non-hydrogen) atoms. The number of aliphatic imine (C=N–C) groups is 1. The lowest BCUT2D eigenvalue weighted by atomic mass is 9.69. The number of allylic oxidation sites excluding steroid dienone is 2. The van der Waals surface area contributed by atoms with E-state index >= 15 is 0 Å². The molecule has 2 aromatic rings. The van der Waals surface area contributed by atoms with Crippen LogP contribution in [-0.4, -0.2) is 23.6 Å². The lowest BCUT2D eigenvalue weighted by molar-refractivity contribution is -0.153. The van der Waals surface area contributed by atoms with Gasteiger partial charge in [-0.25, -0.2) is 0 Å². The maximum absolute atomic E-state index is 13.7. The number of halogens is 1. The van der Waals surface area contributed by atoms with Crippen molar-refractivity contribution in [3.63, 3.8) is 0 Å². The Morgan fingerprint density at radius 2 is 1.71 bits per heavy atom. The van der Waals surface area contributed by atoms with Gasteiger partial charge in [0.25, 0.3) is 0 Å². The first-order valence-corrected chi connectivity index (χ1v) is 13.1. The Morgan fingerprint density at radius 1 is 0.971 bits per heavy atom. The third-order valence-electron chi connectivity index (χ3n) is 7.46. The molecule has 176 valence electrons. The number of hydrogen-bond acceptors (Lipinski definition) is 4. The monoisotopic (exact) mass is 519 g/mol. The van der Waals surface area contributed by atoms with Crippen molar-refractivity contribution in [2.45, 2.75) is 69.8 Å². The fraction of sp³-hybridized carbons (Fsp3) is 0.414. The Balaban J connectivity index is 1.53. The minimum Gasteiger partial charge on any atom is -0.462 e. The molecule has 1 unspecified atom stereocenters. The first-order valence-electron chi connectivity index (χ1n) is 12.3. The summed E-state index contributed by atoms with van der Waals surface area (Å²) in [4.78, 5) is 32.1. The Kier molecular flexibility index (Phi) is 6.82. The Morgan fingerprint density at radius 3 is 2.44 bits per heavy atom. The fourth-order valence-electron chi connectivity index (χ4n) is 5.81. The number of carbonyl (C=O) groups excluding carboxylic acids is 2. The number of ketones is 1. The summed E-state index contributed by atoms with van der Waals surface area (Å²) in [5.74, 6) is -0.995. The number of benzene rings is 2. The zero-order chi connectivity index (χ0) is 23.7. The van der Waals surface area contributed by atoms with Gasteiger partial charge in [-0.05, 0) is 68.2 Å². The van der Waals surface area contributed by atoms with Crippen LogP contribution in [0.5, 0.6) is 0 Å². The van der Waals surface area contributed by atoms with E-state index in [1.807, 2.05) is 49.4 Å². The van der Waals surface area contributed by atoms with Gasteiger partial charge in [-0.1, -0.05) is 64.8 Å². The normalized spacial score (nSPS) is 25.5. The molecule has 1 fully saturated rings. The van der Waals surface area contributed by atoms with E-state index in [9.17, 15) is 9.59 Å². The summed E-state index contributed by atoms with van der Waals surface area (Å²) in [5, 5.41) is 0. The standard InChI is InChI=1S/C29H30BrNO3/c1-18-26(29(33)34-23-13-6-3-7-14-23)27(20-11-8-12-22(30)15-20)28-24(31-18)16-21(17-25(28)32)19-9-4-2-5-10-19/h2,4-5,8-12,15,21,23,26-27H,3,6-7,13-14,16-17H2,1H3/t21-,26?,27-/m1/s1. The second kappa shape index (κ2) is 9.99. The Labute approximate surface area is 209 Å². The minimum atomic E-state index is -0.577. The number of nitrogens with zero attached hydrogens (tertiary/aromatic N) is 1. The van der Waals surface area contributed by atoms with Gasteiger partial charge >= 0.3 is 5.97 Å². The summed E-state index contributed by atoms with van der Waals surface area (Å²) in [6.45, 7) is 1.91. The van der Waals surface area contributed by atoms with Crippen LogP contribution in [0.1, 0.15) is 74.8 Å². The van der Waals surface area contributed by atoms with Crippen molar-refractivity contribution in [3.8, 4) is 0 Å². The van der Waals surface area contributed by atoms with Crippen molar-refractivity contribution >= 4 is 33.4 Å².